The van der Waals surface area contributed by atoms with E-state index in [1.54, 1.807) is 54.7 Å². The van der Waals surface area contributed by atoms with E-state index in [0.29, 0.717) is 51.7 Å². The second kappa shape index (κ2) is 46.6. The number of aromatic amines is 2. The van der Waals surface area contributed by atoms with E-state index in [2.05, 4.69) is 92.9 Å². The monoisotopic (exact) mass is 1630 g/mol. The van der Waals surface area contributed by atoms with Crippen LogP contribution >= 0.6 is 0 Å². The molecule has 0 bridgehead atoms. The van der Waals surface area contributed by atoms with Crippen LogP contribution in [0.25, 0.3) is 21.8 Å². The number of cyclic esters (lactones) is 1. The van der Waals surface area contributed by atoms with Crippen molar-refractivity contribution < 1.29 is 116 Å². The molecule has 0 radical (unpaired) electrons. The Morgan fingerprint density at radius 1 is 0.500 bits per heavy atom. The minimum atomic E-state index is -2.34. The van der Waals surface area contributed by atoms with Gasteiger partial charge in [0.15, 0.2) is 0 Å². The van der Waals surface area contributed by atoms with Crippen molar-refractivity contribution in [1.82, 2.24) is 79.1 Å². The highest BCUT2D eigenvalue weighted by Gasteiger charge is 2.41. The lowest BCUT2D eigenvalue weighted by Gasteiger charge is -2.30. The molecular formula is C75H105N17O24. The lowest BCUT2D eigenvalue weighted by molar-refractivity contribution is -0.156. The van der Waals surface area contributed by atoms with Crippen LogP contribution < -0.4 is 80.6 Å². The maximum atomic E-state index is 15.0. The van der Waals surface area contributed by atoms with Crippen LogP contribution in [0.4, 0.5) is 0 Å². The Hall–Kier alpha value is -12.6. The van der Waals surface area contributed by atoms with Gasteiger partial charge >= 0.3 is 29.8 Å². The molecule has 13 unspecified atom stereocenters. The number of aromatic nitrogens is 2. The van der Waals surface area contributed by atoms with Crippen LogP contribution in [0.3, 0.4) is 0 Å². The van der Waals surface area contributed by atoms with Crippen LogP contribution in [-0.2, 0) is 109 Å². The normalized spacial score (nSPS) is 21.3. The van der Waals surface area contributed by atoms with Crippen molar-refractivity contribution >= 4 is 134 Å². The van der Waals surface area contributed by atoms with Gasteiger partial charge < -0.3 is 116 Å². The third-order valence-corrected chi connectivity index (χ3v) is 18.7. The first-order valence-electron chi connectivity index (χ1n) is 37.9. The van der Waals surface area contributed by atoms with E-state index in [-0.39, 0.29) is 32.2 Å². The van der Waals surface area contributed by atoms with Crippen molar-refractivity contribution in [3.05, 3.63) is 72.1 Å². The average Bonchev–Trinajstić information content (AvgIpc) is 1.69. The number of aliphatic carboxylic acids is 4. The lowest BCUT2D eigenvalue weighted by Crippen LogP contribution is -2.61. The molecule has 41 nitrogen and oxygen atoms in total. The fourth-order valence-electron chi connectivity index (χ4n) is 12.5. The van der Waals surface area contributed by atoms with Crippen molar-refractivity contribution in [2.75, 3.05) is 19.6 Å². The highest BCUT2D eigenvalue weighted by molar-refractivity contribution is 6.02. The number of carboxylic acid groups (broad SMARTS) is 4. The fourth-order valence-corrected chi connectivity index (χ4v) is 12.5. The average molecular weight is 1630 g/mol. The number of carboxylic acids is 4. The zero-order valence-electron chi connectivity index (χ0n) is 65.1. The first-order chi connectivity index (χ1) is 54.8. The predicted octanol–water partition coefficient (Wildman–Crippen LogP) is -3.09. The van der Waals surface area contributed by atoms with Crippen molar-refractivity contribution in [2.24, 2.45) is 23.3 Å². The van der Waals surface area contributed by atoms with Gasteiger partial charge in [0.1, 0.15) is 72.6 Å². The molecule has 4 aromatic rings. The van der Waals surface area contributed by atoms with Crippen LogP contribution in [0.5, 0.6) is 0 Å². The topological polar surface area (TPSA) is 654 Å². The summed E-state index contributed by atoms with van der Waals surface area (Å²) in [6.07, 6.45) is 0.509. The van der Waals surface area contributed by atoms with E-state index in [4.69, 9.17) is 16.2 Å². The Labute approximate surface area is 665 Å². The summed E-state index contributed by atoms with van der Waals surface area (Å²) in [5.41, 5.74) is 13.4. The Balaban J connectivity index is 1.57. The van der Waals surface area contributed by atoms with E-state index >= 15 is 4.79 Å². The number of primary amides is 1. The minimum Gasteiger partial charge on any atom is -0.481 e. The van der Waals surface area contributed by atoms with Crippen LogP contribution in [0.15, 0.2) is 60.9 Å². The Bertz CT molecular complexity index is 4220. The van der Waals surface area contributed by atoms with E-state index in [1.807, 2.05) is 0 Å². The summed E-state index contributed by atoms with van der Waals surface area (Å²) >= 11 is 0. The van der Waals surface area contributed by atoms with Crippen molar-refractivity contribution in [2.45, 2.75) is 223 Å². The van der Waals surface area contributed by atoms with Crippen LogP contribution in [0, 0.1) is 11.8 Å². The molecule has 2 aromatic heterocycles. The number of hydrogen-bond donors (Lipinski definition) is 21. The number of fused-ring (bicyclic) bond motifs is 2. The molecule has 41 heteroatoms. The molecule has 13 atom stereocenters. The standard InChI is InChI=1S/C75H105N17O24/c1-37(2)18-11-9-7-8-10-12-24-56(94)85-49(27-42-33-78-46-21-15-13-19-44(42)46)70(110)87-50(29-55(77)93)71(111)89-53(32-62(103)104)72(112)92-64-41(6)116-75(115)54(28-43-34-79-47-22-16-14-20-45(43)47)90-74(114)63(38(3)26-59(97)98)91-66(106)39(4)82-57(95)35-80-67(107)51(30-60(99)100)86-65(105)40(5)83-69(109)52(31-61(101)102)88-68(108)48(23-17-25-76)84-58(96)36-81-73(64)113/h13-16,19-22,33-34,37-41,48-54,63-64,78-79H,7-12,17-18,23-32,35-36,76H2,1-6H3,(H2,77,93)(H,80,107)(H,81,113)(H,82,95)(H,83,109)(H,84,96)(H,85,94)(H,86,105)(H,87,110)(H,88,108)(H,89,111)(H,90,114)(H,91,106)(H,92,112)(H,97,98)(H,99,100)(H,101,102)(H,103,104). The molecule has 3 heterocycles. The Morgan fingerprint density at radius 3 is 1.59 bits per heavy atom. The molecular weight excluding hydrogens is 1520 g/mol. The van der Waals surface area contributed by atoms with Gasteiger partial charge in [-0.3, -0.25) is 86.3 Å². The largest absolute Gasteiger partial charge is 0.481 e. The molecule has 23 N–H and O–H groups in total. The number of esters is 1. The third-order valence-electron chi connectivity index (χ3n) is 18.7. The van der Waals surface area contributed by atoms with E-state index in [9.17, 15) is 107 Å². The van der Waals surface area contributed by atoms with Crippen molar-refractivity contribution in [1.29, 1.82) is 0 Å². The summed E-state index contributed by atoms with van der Waals surface area (Å²) in [6, 6.07) is -7.61. The summed E-state index contributed by atoms with van der Waals surface area (Å²) in [7, 11) is 0. The number of hydrogen-bond acceptors (Lipinski definition) is 21. The number of nitrogens with one attached hydrogen (secondary N) is 15. The van der Waals surface area contributed by atoms with E-state index in [1.165, 1.54) is 13.1 Å². The highest BCUT2D eigenvalue weighted by atomic mass is 16.5. The Kier molecular flexibility index (Phi) is 37.7. The van der Waals surface area contributed by atoms with E-state index in [0.717, 1.165) is 52.9 Å². The summed E-state index contributed by atoms with van der Waals surface area (Å²) in [5.74, 6) is -26.2. The maximum absolute atomic E-state index is 15.0. The molecule has 1 aliphatic rings. The van der Waals surface area contributed by atoms with Crippen LogP contribution in [0.1, 0.15) is 149 Å². The van der Waals surface area contributed by atoms with Gasteiger partial charge in [-0.2, -0.15) is 0 Å². The van der Waals surface area contributed by atoms with Gasteiger partial charge in [0.05, 0.1) is 45.2 Å². The number of benzene rings is 2. The quantitative estimate of drug-likeness (QED) is 0.0163. The molecule has 116 heavy (non-hydrogen) atoms. The molecule has 1 aliphatic heterocycles. The highest BCUT2D eigenvalue weighted by Crippen LogP contribution is 2.23. The summed E-state index contributed by atoms with van der Waals surface area (Å²) in [5, 5.41) is 70.2. The van der Waals surface area contributed by atoms with Gasteiger partial charge in [-0.05, 0) is 81.7 Å². The molecule has 0 aliphatic carbocycles. The number of nitrogens with two attached hydrogens (primary N) is 2. The van der Waals surface area contributed by atoms with Gasteiger partial charge in [-0.15, -0.1) is 0 Å². The predicted molar refractivity (Wildman–Crippen MR) is 410 cm³/mol. The molecule has 0 saturated carbocycles. The van der Waals surface area contributed by atoms with Gasteiger partial charge in [-0.25, -0.2) is 4.79 Å². The molecule has 1 saturated heterocycles. The number of unbranched alkanes of at least 4 members (excludes halogenated alkanes) is 5. The summed E-state index contributed by atoms with van der Waals surface area (Å²) in [4.78, 5) is 266. The van der Waals surface area contributed by atoms with Crippen molar-refractivity contribution in [3.8, 4) is 0 Å². The molecule has 14 amide bonds. The second-order valence-electron chi connectivity index (χ2n) is 28.8. The van der Waals surface area contributed by atoms with Gasteiger partial charge in [0.2, 0.25) is 82.7 Å². The smallest absolute Gasteiger partial charge is 0.329 e. The third kappa shape index (κ3) is 31.4. The lowest BCUT2D eigenvalue weighted by atomic mass is 9.96. The van der Waals surface area contributed by atoms with Crippen molar-refractivity contribution in [3.63, 3.8) is 0 Å². The number of para-hydroxylation sites is 2. The maximum Gasteiger partial charge on any atom is 0.329 e. The zero-order chi connectivity index (χ0) is 86.0. The number of ether oxygens (including phenoxy) is 1. The molecule has 1 fully saturated rings. The number of amides is 14. The number of H-pyrrole nitrogens is 2. The SMILES string of the molecule is CC(C)CCCCCCCCC(=O)NC(Cc1c[nH]c2ccccc12)C(=O)NC(CC(N)=O)C(=O)NC(CC(=O)O)C(=O)NC1C(=O)NCC(=O)NC(CCCN)C(=O)NC(CC(=O)O)C(=O)NC(C)C(=O)NC(CC(=O)O)C(=O)NCC(=O)NC(C)C(=O)NC(C(C)CC(=O)O)C(=O)NC(Cc2c[nH]c3ccccc23)C(=O)OC1C. The van der Waals surface area contributed by atoms with Gasteiger partial charge in [0, 0.05) is 53.5 Å². The number of carbonyl (C=O) groups is 19. The first kappa shape index (κ1) is 94.0. The fraction of sp³-hybridized carbons (Fsp3) is 0.533. The minimum absolute atomic E-state index is 0.00136. The zero-order valence-corrected chi connectivity index (χ0v) is 65.1. The number of rotatable bonds is 34. The summed E-state index contributed by atoms with van der Waals surface area (Å²) in [6.45, 7) is 6.25. The van der Waals surface area contributed by atoms with Gasteiger partial charge in [-0.1, -0.05) is 95.7 Å². The summed E-state index contributed by atoms with van der Waals surface area (Å²) < 4.78 is 5.87. The second-order valence-corrected chi connectivity index (χ2v) is 28.8. The molecule has 5 rings (SSSR count). The van der Waals surface area contributed by atoms with Gasteiger partial charge in [0.25, 0.3) is 0 Å². The van der Waals surface area contributed by atoms with Crippen LogP contribution in [-0.4, -0.2) is 235 Å². The Morgan fingerprint density at radius 2 is 1.00 bits per heavy atom. The van der Waals surface area contributed by atoms with E-state index < -0.39 is 243 Å². The first-order valence-corrected chi connectivity index (χ1v) is 37.9. The molecule has 634 valence electrons. The van der Waals surface area contributed by atoms with Crippen LogP contribution in [0.2, 0.25) is 0 Å². The number of carbonyl (C=O) groups excluding carboxylic acids is 15. The molecule has 2 aromatic carbocycles. The molecule has 0 spiro atoms.